The number of carbonyl (C=O) groups excluding carboxylic acids is 1. The zero-order valence-electron chi connectivity index (χ0n) is 10.5. The van der Waals surface area contributed by atoms with Crippen LogP contribution >= 0.6 is 0 Å². The van der Waals surface area contributed by atoms with Crippen LogP contribution in [0.5, 0.6) is 0 Å². The fourth-order valence-electron chi connectivity index (χ4n) is 2.39. The summed E-state index contributed by atoms with van der Waals surface area (Å²) in [5.41, 5.74) is 11.5. The van der Waals surface area contributed by atoms with Gasteiger partial charge in [-0.1, -0.05) is 13.3 Å². The van der Waals surface area contributed by atoms with Crippen molar-refractivity contribution in [2.45, 2.75) is 25.8 Å². The Bertz CT molecular complexity index is 436. The summed E-state index contributed by atoms with van der Waals surface area (Å²) in [4.78, 5) is 21.4. The van der Waals surface area contributed by atoms with Crippen LogP contribution in [0.4, 0.5) is 5.82 Å². The molecule has 0 spiro atoms. The van der Waals surface area contributed by atoms with E-state index in [4.69, 9.17) is 11.5 Å². The monoisotopic (exact) mass is 249 g/mol. The average molecular weight is 249 g/mol. The maximum atomic E-state index is 11.1. The molecule has 1 fully saturated rings. The second-order valence-electron chi connectivity index (χ2n) is 4.74. The number of nitrogens with two attached hydrogens (primary N) is 2. The summed E-state index contributed by atoms with van der Waals surface area (Å²) in [6.45, 7) is 3.77. The lowest BCUT2D eigenvalue weighted by molar-refractivity contribution is 0.0995. The molecule has 2 rings (SSSR count). The summed E-state index contributed by atoms with van der Waals surface area (Å²) in [6, 6.07) is 0.156. The summed E-state index contributed by atoms with van der Waals surface area (Å²) in [6.07, 6.45) is 5.26. The largest absolute Gasteiger partial charge is 0.364 e. The minimum atomic E-state index is -0.557. The normalized spacial score (nSPS) is 23.3. The van der Waals surface area contributed by atoms with Gasteiger partial charge in [-0.2, -0.15) is 0 Å². The van der Waals surface area contributed by atoms with Crippen LogP contribution in [0.25, 0.3) is 0 Å². The van der Waals surface area contributed by atoms with Gasteiger partial charge in [0.15, 0.2) is 0 Å². The van der Waals surface area contributed by atoms with Gasteiger partial charge >= 0.3 is 0 Å². The number of hydrogen-bond acceptors (Lipinski definition) is 5. The van der Waals surface area contributed by atoms with Crippen LogP contribution in [0, 0.1) is 5.92 Å². The Balaban J connectivity index is 2.13. The van der Waals surface area contributed by atoms with Gasteiger partial charge < -0.3 is 16.4 Å². The highest BCUT2D eigenvalue weighted by Crippen LogP contribution is 2.24. The number of nitrogens with zero attached hydrogens (tertiary/aromatic N) is 3. The van der Waals surface area contributed by atoms with E-state index in [9.17, 15) is 4.79 Å². The lowest BCUT2D eigenvalue weighted by atomic mass is 9.99. The van der Waals surface area contributed by atoms with Crippen molar-refractivity contribution in [3.05, 3.63) is 18.1 Å². The van der Waals surface area contributed by atoms with Gasteiger partial charge in [-0.05, 0) is 12.3 Å². The molecule has 0 bridgehead atoms. The first-order valence-corrected chi connectivity index (χ1v) is 6.24. The third kappa shape index (κ3) is 2.59. The Kier molecular flexibility index (Phi) is 3.76. The van der Waals surface area contributed by atoms with Crippen LogP contribution in [-0.2, 0) is 0 Å². The van der Waals surface area contributed by atoms with Gasteiger partial charge in [0.05, 0.1) is 12.4 Å². The SMILES string of the molecule is CCC[C@H]1CN(c2cncc(C(N)=O)n2)C[C@@H]1N. The number of primary amides is 1. The van der Waals surface area contributed by atoms with E-state index in [0.717, 1.165) is 25.9 Å². The Morgan fingerprint density at radius 1 is 1.50 bits per heavy atom. The first-order chi connectivity index (χ1) is 8.61. The van der Waals surface area contributed by atoms with E-state index in [0.29, 0.717) is 11.7 Å². The molecule has 0 aliphatic carbocycles. The summed E-state index contributed by atoms with van der Waals surface area (Å²) < 4.78 is 0. The maximum absolute atomic E-state index is 11.1. The third-order valence-corrected chi connectivity index (χ3v) is 3.35. The molecule has 2 heterocycles. The number of carbonyl (C=O) groups is 1. The topological polar surface area (TPSA) is 98.1 Å². The molecule has 1 amide bonds. The molecule has 0 aromatic carbocycles. The second-order valence-corrected chi connectivity index (χ2v) is 4.74. The quantitative estimate of drug-likeness (QED) is 0.791. The Hall–Kier alpha value is -1.69. The number of anilines is 1. The molecule has 0 radical (unpaired) electrons. The van der Waals surface area contributed by atoms with Crippen molar-refractivity contribution in [2.24, 2.45) is 17.4 Å². The predicted octanol–water partition coefficient (Wildman–Crippen LogP) is 0.139. The standard InChI is InChI=1S/C12H19N5O/c1-2-3-8-6-17(7-9(8)13)11-5-15-4-10(16-11)12(14)18/h4-5,8-9H,2-3,6-7,13H2,1H3,(H2,14,18)/t8-,9-/m0/s1. The van der Waals surface area contributed by atoms with Crippen molar-refractivity contribution in [2.75, 3.05) is 18.0 Å². The fourth-order valence-corrected chi connectivity index (χ4v) is 2.39. The van der Waals surface area contributed by atoms with Gasteiger partial charge in [-0.25, -0.2) is 4.98 Å². The number of hydrogen-bond donors (Lipinski definition) is 2. The van der Waals surface area contributed by atoms with E-state index < -0.39 is 5.91 Å². The van der Waals surface area contributed by atoms with E-state index in [2.05, 4.69) is 21.8 Å². The molecular weight excluding hydrogens is 230 g/mol. The minimum absolute atomic E-state index is 0.156. The zero-order chi connectivity index (χ0) is 13.1. The number of aromatic nitrogens is 2. The Morgan fingerprint density at radius 3 is 2.94 bits per heavy atom. The molecule has 1 saturated heterocycles. The highest BCUT2D eigenvalue weighted by atomic mass is 16.1. The van der Waals surface area contributed by atoms with Gasteiger partial charge in [0, 0.05) is 19.1 Å². The van der Waals surface area contributed by atoms with Gasteiger partial charge in [-0.3, -0.25) is 9.78 Å². The molecule has 0 unspecified atom stereocenters. The molecule has 1 aliphatic rings. The first kappa shape index (κ1) is 12.8. The van der Waals surface area contributed by atoms with Crippen LogP contribution in [0.15, 0.2) is 12.4 Å². The second kappa shape index (κ2) is 5.30. The molecule has 18 heavy (non-hydrogen) atoms. The molecule has 2 atom stereocenters. The molecule has 1 aromatic rings. The molecular formula is C12H19N5O. The zero-order valence-corrected chi connectivity index (χ0v) is 10.5. The van der Waals surface area contributed by atoms with E-state index in [-0.39, 0.29) is 11.7 Å². The van der Waals surface area contributed by atoms with Crippen LogP contribution in [-0.4, -0.2) is 35.0 Å². The van der Waals surface area contributed by atoms with Gasteiger partial charge in [-0.15, -0.1) is 0 Å². The van der Waals surface area contributed by atoms with E-state index in [1.54, 1.807) is 6.20 Å². The average Bonchev–Trinajstić information content (AvgIpc) is 2.72. The Morgan fingerprint density at radius 2 is 2.28 bits per heavy atom. The van der Waals surface area contributed by atoms with Gasteiger partial charge in [0.25, 0.3) is 5.91 Å². The molecule has 1 aliphatic heterocycles. The highest BCUT2D eigenvalue weighted by molar-refractivity contribution is 5.90. The van der Waals surface area contributed by atoms with E-state index in [1.807, 2.05) is 0 Å². The summed E-state index contributed by atoms with van der Waals surface area (Å²) in [5.74, 6) is 0.604. The van der Waals surface area contributed by atoms with Crippen molar-refractivity contribution in [3.63, 3.8) is 0 Å². The highest BCUT2D eigenvalue weighted by Gasteiger charge is 2.30. The summed E-state index contributed by atoms with van der Waals surface area (Å²) >= 11 is 0. The molecule has 1 aromatic heterocycles. The number of rotatable bonds is 4. The van der Waals surface area contributed by atoms with Crippen LogP contribution in [0.2, 0.25) is 0 Å². The lowest BCUT2D eigenvalue weighted by Crippen LogP contribution is -2.30. The fraction of sp³-hybridized carbons (Fsp3) is 0.583. The van der Waals surface area contributed by atoms with Crippen molar-refractivity contribution in [1.82, 2.24) is 9.97 Å². The predicted molar refractivity (Wildman–Crippen MR) is 69.1 cm³/mol. The van der Waals surface area contributed by atoms with E-state index in [1.165, 1.54) is 6.20 Å². The van der Waals surface area contributed by atoms with Crippen LogP contribution < -0.4 is 16.4 Å². The molecule has 0 saturated carbocycles. The third-order valence-electron chi connectivity index (χ3n) is 3.35. The molecule has 98 valence electrons. The lowest BCUT2D eigenvalue weighted by Gasteiger charge is -2.16. The van der Waals surface area contributed by atoms with Crippen molar-refractivity contribution < 1.29 is 4.79 Å². The first-order valence-electron chi connectivity index (χ1n) is 6.24. The summed E-state index contributed by atoms with van der Waals surface area (Å²) in [7, 11) is 0. The molecule has 6 heteroatoms. The van der Waals surface area contributed by atoms with Crippen molar-refractivity contribution in [1.29, 1.82) is 0 Å². The van der Waals surface area contributed by atoms with Gasteiger partial charge in [0.1, 0.15) is 11.5 Å². The maximum Gasteiger partial charge on any atom is 0.268 e. The Labute approximate surface area is 106 Å². The van der Waals surface area contributed by atoms with Crippen molar-refractivity contribution >= 4 is 11.7 Å². The van der Waals surface area contributed by atoms with E-state index >= 15 is 0 Å². The smallest absolute Gasteiger partial charge is 0.268 e. The minimum Gasteiger partial charge on any atom is -0.364 e. The van der Waals surface area contributed by atoms with Gasteiger partial charge in [0.2, 0.25) is 0 Å². The van der Waals surface area contributed by atoms with Crippen LogP contribution in [0.1, 0.15) is 30.3 Å². The van der Waals surface area contributed by atoms with Crippen LogP contribution in [0.3, 0.4) is 0 Å². The number of amides is 1. The molecule has 4 N–H and O–H groups in total. The van der Waals surface area contributed by atoms with Crippen molar-refractivity contribution in [3.8, 4) is 0 Å². The molecule has 6 nitrogen and oxygen atoms in total. The summed E-state index contributed by atoms with van der Waals surface area (Å²) in [5, 5.41) is 0.